The van der Waals surface area contributed by atoms with Gasteiger partial charge in [0, 0.05) is 12.0 Å². The van der Waals surface area contributed by atoms with Gasteiger partial charge >= 0.3 is 0 Å². The maximum Gasteiger partial charge on any atom is 0.231 e. The van der Waals surface area contributed by atoms with E-state index in [1.807, 2.05) is 12.1 Å². The number of nitrogens with one attached hydrogen (secondary N) is 2. The average Bonchev–Trinajstić information content (AvgIpc) is 3.00. The highest BCUT2D eigenvalue weighted by molar-refractivity contribution is 5.78. The van der Waals surface area contributed by atoms with E-state index < -0.39 is 0 Å². The molecule has 0 radical (unpaired) electrons. The number of hydrogen-bond acceptors (Lipinski definition) is 5. The number of amides is 1. The van der Waals surface area contributed by atoms with Gasteiger partial charge < -0.3 is 24.8 Å². The van der Waals surface area contributed by atoms with Crippen LogP contribution in [-0.4, -0.2) is 38.9 Å². The molecule has 2 N–H and O–H groups in total. The third-order valence-corrected chi connectivity index (χ3v) is 3.72. The van der Waals surface area contributed by atoms with Gasteiger partial charge in [-0.2, -0.15) is 0 Å². The second kappa shape index (κ2) is 6.67. The monoisotopic (exact) mass is 292 g/mol. The van der Waals surface area contributed by atoms with Gasteiger partial charge in [0.05, 0.1) is 6.54 Å². The van der Waals surface area contributed by atoms with Crippen LogP contribution in [0.15, 0.2) is 18.2 Å². The Hall–Kier alpha value is -1.95. The molecule has 2 aliphatic rings. The van der Waals surface area contributed by atoms with Gasteiger partial charge in [-0.3, -0.25) is 4.79 Å². The van der Waals surface area contributed by atoms with Crippen molar-refractivity contribution in [2.45, 2.75) is 12.8 Å². The van der Waals surface area contributed by atoms with Crippen LogP contribution in [0.4, 0.5) is 0 Å². The predicted octanol–water partition coefficient (Wildman–Crippen LogP) is 0.910. The second-order valence-electron chi connectivity index (χ2n) is 5.18. The van der Waals surface area contributed by atoms with Crippen molar-refractivity contribution in [3.05, 3.63) is 18.2 Å². The van der Waals surface area contributed by atoms with Crippen molar-refractivity contribution >= 4 is 5.91 Å². The van der Waals surface area contributed by atoms with Crippen LogP contribution in [-0.2, 0) is 4.79 Å². The Kier molecular flexibility index (Phi) is 4.45. The normalized spacial score (nSPS) is 17.5. The summed E-state index contributed by atoms with van der Waals surface area (Å²) in [6.07, 6.45) is 1.82. The van der Waals surface area contributed by atoms with E-state index in [1.165, 1.54) is 0 Å². The zero-order valence-corrected chi connectivity index (χ0v) is 11.9. The standard InChI is InChI=1S/C15H20N2O4/c18-15(11-3-5-16-6-4-11)17-7-8-19-12-1-2-13-14(9-12)21-10-20-13/h1-2,9,11,16H,3-8,10H2,(H,17,18). The van der Waals surface area contributed by atoms with Crippen LogP contribution >= 0.6 is 0 Å². The van der Waals surface area contributed by atoms with Gasteiger partial charge in [-0.05, 0) is 38.1 Å². The minimum Gasteiger partial charge on any atom is -0.492 e. The molecule has 1 saturated heterocycles. The molecule has 0 saturated carbocycles. The number of ether oxygens (including phenoxy) is 3. The van der Waals surface area contributed by atoms with Gasteiger partial charge in [-0.15, -0.1) is 0 Å². The highest BCUT2D eigenvalue weighted by Crippen LogP contribution is 2.34. The summed E-state index contributed by atoms with van der Waals surface area (Å²) in [6.45, 7) is 3.05. The van der Waals surface area contributed by atoms with E-state index >= 15 is 0 Å². The predicted molar refractivity (Wildman–Crippen MR) is 76.7 cm³/mol. The lowest BCUT2D eigenvalue weighted by atomic mass is 9.97. The molecule has 0 bridgehead atoms. The van der Waals surface area contributed by atoms with E-state index in [1.54, 1.807) is 6.07 Å². The van der Waals surface area contributed by atoms with Crippen molar-refractivity contribution in [1.82, 2.24) is 10.6 Å². The van der Waals surface area contributed by atoms with E-state index in [-0.39, 0.29) is 18.6 Å². The molecule has 0 spiro atoms. The Morgan fingerprint density at radius 3 is 2.95 bits per heavy atom. The SMILES string of the molecule is O=C(NCCOc1ccc2c(c1)OCO2)C1CCNCC1. The van der Waals surface area contributed by atoms with Gasteiger partial charge in [0.15, 0.2) is 11.5 Å². The smallest absolute Gasteiger partial charge is 0.231 e. The summed E-state index contributed by atoms with van der Waals surface area (Å²) in [7, 11) is 0. The number of rotatable bonds is 5. The molecule has 2 heterocycles. The van der Waals surface area contributed by atoms with E-state index in [0.29, 0.717) is 18.9 Å². The van der Waals surface area contributed by atoms with Crippen molar-refractivity contribution in [3.63, 3.8) is 0 Å². The lowest BCUT2D eigenvalue weighted by Crippen LogP contribution is -2.39. The molecule has 0 unspecified atom stereocenters. The van der Waals surface area contributed by atoms with E-state index in [4.69, 9.17) is 14.2 Å². The highest BCUT2D eigenvalue weighted by atomic mass is 16.7. The molecule has 1 fully saturated rings. The minimum atomic E-state index is 0.130. The molecule has 2 aliphatic heterocycles. The minimum absolute atomic E-state index is 0.130. The summed E-state index contributed by atoms with van der Waals surface area (Å²) in [5.41, 5.74) is 0. The van der Waals surface area contributed by atoms with Gasteiger partial charge in [0.1, 0.15) is 12.4 Å². The molecule has 1 aromatic rings. The van der Waals surface area contributed by atoms with Gasteiger partial charge in [0.2, 0.25) is 12.7 Å². The number of piperidine rings is 1. The molecular formula is C15H20N2O4. The molecule has 6 nitrogen and oxygen atoms in total. The molecule has 21 heavy (non-hydrogen) atoms. The van der Waals surface area contributed by atoms with Crippen molar-refractivity contribution in [2.24, 2.45) is 5.92 Å². The average molecular weight is 292 g/mol. The van der Waals surface area contributed by atoms with Crippen molar-refractivity contribution in [3.8, 4) is 17.2 Å². The quantitative estimate of drug-likeness (QED) is 0.790. The number of fused-ring (bicyclic) bond motifs is 1. The maximum absolute atomic E-state index is 11.9. The molecular weight excluding hydrogens is 272 g/mol. The van der Waals surface area contributed by atoms with E-state index in [9.17, 15) is 4.79 Å². The van der Waals surface area contributed by atoms with Crippen LogP contribution in [0.3, 0.4) is 0 Å². The Labute approximate surface area is 123 Å². The number of hydrogen-bond donors (Lipinski definition) is 2. The van der Waals surface area contributed by atoms with Crippen molar-refractivity contribution in [1.29, 1.82) is 0 Å². The lowest BCUT2D eigenvalue weighted by Gasteiger charge is -2.21. The first-order valence-electron chi connectivity index (χ1n) is 7.34. The first-order valence-corrected chi connectivity index (χ1v) is 7.34. The van der Waals surface area contributed by atoms with Crippen LogP contribution in [0.1, 0.15) is 12.8 Å². The Morgan fingerprint density at radius 1 is 1.29 bits per heavy atom. The summed E-state index contributed by atoms with van der Waals surface area (Å²) in [4.78, 5) is 11.9. The Balaban J connectivity index is 1.39. The summed E-state index contributed by atoms with van der Waals surface area (Å²) in [6, 6.07) is 5.46. The Bertz CT molecular complexity index is 500. The lowest BCUT2D eigenvalue weighted by molar-refractivity contribution is -0.125. The van der Waals surface area contributed by atoms with Gasteiger partial charge in [0.25, 0.3) is 0 Å². The molecule has 0 aromatic heterocycles. The molecule has 6 heteroatoms. The molecule has 0 atom stereocenters. The maximum atomic E-state index is 11.9. The van der Waals surface area contributed by atoms with Gasteiger partial charge in [-0.1, -0.05) is 0 Å². The van der Waals surface area contributed by atoms with Crippen LogP contribution in [0.2, 0.25) is 0 Å². The van der Waals surface area contributed by atoms with Crippen molar-refractivity contribution < 1.29 is 19.0 Å². The second-order valence-corrected chi connectivity index (χ2v) is 5.18. The largest absolute Gasteiger partial charge is 0.492 e. The zero-order chi connectivity index (χ0) is 14.5. The molecule has 1 amide bonds. The third-order valence-electron chi connectivity index (χ3n) is 3.72. The van der Waals surface area contributed by atoms with Crippen LogP contribution in [0.25, 0.3) is 0 Å². The number of benzene rings is 1. The van der Waals surface area contributed by atoms with E-state index in [2.05, 4.69) is 10.6 Å². The molecule has 3 rings (SSSR count). The fourth-order valence-electron chi connectivity index (χ4n) is 2.54. The number of carbonyl (C=O) groups excluding carboxylic acids is 1. The first kappa shape index (κ1) is 14.0. The highest BCUT2D eigenvalue weighted by Gasteiger charge is 2.20. The number of carbonyl (C=O) groups is 1. The first-order chi connectivity index (χ1) is 10.3. The summed E-state index contributed by atoms with van der Waals surface area (Å²) in [5.74, 6) is 2.42. The zero-order valence-electron chi connectivity index (χ0n) is 11.9. The van der Waals surface area contributed by atoms with Crippen LogP contribution in [0.5, 0.6) is 17.2 Å². The fourth-order valence-corrected chi connectivity index (χ4v) is 2.54. The third kappa shape index (κ3) is 3.58. The van der Waals surface area contributed by atoms with Crippen LogP contribution in [0, 0.1) is 5.92 Å². The van der Waals surface area contributed by atoms with Crippen molar-refractivity contribution in [2.75, 3.05) is 33.0 Å². The summed E-state index contributed by atoms with van der Waals surface area (Å²) < 4.78 is 16.1. The molecule has 1 aromatic carbocycles. The summed E-state index contributed by atoms with van der Waals surface area (Å²) in [5, 5.41) is 6.18. The van der Waals surface area contributed by atoms with Gasteiger partial charge in [-0.25, -0.2) is 0 Å². The van der Waals surface area contributed by atoms with Crippen LogP contribution < -0.4 is 24.8 Å². The molecule has 0 aliphatic carbocycles. The topological polar surface area (TPSA) is 68.8 Å². The Morgan fingerprint density at radius 2 is 2.10 bits per heavy atom. The van der Waals surface area contributed by atoms with E-state index in [0.717, 1.165) is 37.4 Å². The fraction of sp³-hybridized carbons (Fsp3) is 0.533. The summed E-state index contributed by atoms with van der Waals surface area (Å²) >= 11 is 0. The molecule has 114 valence electrons.